The smallest absolute Gasteiger partial charge is 0.478 e. The number of carboxylic acid groups (broad SMARTS) is 1. The quantitative estimate of drug-likeness (QED) is 0.680. The molecular formula is C14H8F3NO5. The summed E-state index contributed by atoms with van der Waals surface area (Å²) in [5.41, 5.74) is -0.695. The van der Waals surface area contributed by atoms with E-state index in [4.69, 9.17) is 5.11 Å². The minimum Gasteiger partial charge on any atom is -0.478 e. The number of halogens is 3. The molecule has 120 valence electrons. The van der Waals surface area contributed by atoms with Crippen LogP contribution in [0.4, 0.5) is 18.9 Å². The maximum Gasteiger partial charge on any atom is 0.573 e. The van der Waals surface area contributed by atoms with E-state index in [2.05, 4.69) is 4.74 Å². The largest absolute Gasteiger partial charge is 0.573 e. The standard InChI is InChI=1S/C14H8F3NO5/c15-14(16,17)23-10-3-1-2-8(6-10)12-7-9(18(21)22)4-5-11(12)13(19)20/h1-7H,(H,19,20). The van der Waals surface area contributed by atoms with E-state index in [9.17, 15) is 28.1 Å². The van der Waals surface area contributed by atoms with Gasteiger partial charge in [-0.2, -0.15) is 0 Å². The molecule has 0 amide bonds. The lowest BCUT2D eigenvalue weighted by Crippen LogP contribution is -2.17. The van der Waals surface area contributed by atoms with Crippen LogP contribution in [0.1, 0.15) is 10.4 Å². The molecular weight excluding hydrogens is 319 g/mol. The molecule has 0 atom stereocenters. The number of hydrogen-bond donors (Lipinski definition) is 1. The van der Waals surface area contributed by atoms with Crippen molar-refractivity contribution in [1.29, 1.82) is 0 Å². The van der Waals surface area contributed by atoms with Crippen LogP contribution in [-0.2, 0) is 0 Å². The minimum absolute atomic E-state index is 0.0489. The summed E-state index contributed by atoms with van der Waals surface area (Å²) in [5, 5.41) is 19.9. The molecule has 0 unspecified atom stereocenters. The molecule has 0 saturated heterocycles. The van der Waals surface area contributed by atoms with Crippen LogP contribution in [0.15, 0.2) is 42.5 Å². The summed E-state index contributed by atoms with van der Waals surface area (Å²) in [6, 6.07) is 7.55. The van der Waals surface area contributed by atoms with Crippen LogP contribution < -0.4 is 4.74 Å². The number of aromatic carboxylic acids is 1. The fourth-order valence-corrected chi connectivity index (χ4v) is 1.93. The highest BCUT2D eigenvalue weighted by atomic mass is 19.4. The van der Waals surface area contributed by atoms with E-state index in [1.165, 1.54) is 12.1 Å². The van der Waals surface area contributed by atoms with Gasteiger partial charge in [0, 0.05) is 17.7 Å². The van der Waals surface area contributed by atoms with Gasteiger partial charge in [-0.3, -0.25) is 10.1 Å². The summed E-state index contributed by atoms with van der Waals surface area (Å²) in [6.45, 7) is 0. The number of benzene rings is 2. The third-order valence-corrected chi connectivity index (χ3v) is 2.82. The number of carboxylic acids is 1. The maximum atomic E-state index is 12.2. The van der Waals surface area contributed by atoms with Crippen LogP contribution >= 0.6 is 0 Å². The molecule has 23 heavy (non-hydrogen) atoms. The summed E-state index contributed by atoms with van der Waals surface area (Å²) in [4.78, 5) is 21.3. The summed E-state index contributed by atoms with van der Waals surface area (Å²) in [7, 11) is 0. The molecule has 0 fully saturated rings. The van der Waals surface area contributed by atoms with Crippen LogP contribution in [0.5, 0.6) is 5.75 Å². The van der Waals surface area contributed by atoms with Crippen molar-refractivity contribution in [3.8, 4) is 16.9 Å². The van der Waals surface area contributed by atoms with Crippen LogP contribution in [-0.4, -0.2) is 22.4 Å². The Balaban J connectivity index is 2.56. The minimum atomic E-state index is -4.91. The SMILES string of the molecule is O=C(O)c1ccc([N+](=O)[O-])cc1-c1cccc(OC(F)(F)F)c1. The molecule has 0 heterocycles. The first-order chi connectivity index (χ1) is 10.7. The van der Waals surface area contributed by atoms with Crippen molar-refractivity contribution in [1.82, 2.24) is 0 Å². The zero-order chi connectivity index (χ0) is 17.2. The first kappa shape index (κ1) is 16.3. The fraction of sp³-hybridized carbons (Fsp3) is 0.0714. The van der Waals surface area contributed by atoms with Crippen LogP contribution in [0.2, 0.25) is 0 Å². The Morgan fingerprint density at radius 3 is 2.43 bits per heavy atom. The van der Waals surface area contributed by atoms with Gasteiger partial charge in [-0.15, -0.1) is 13.2 Å². The average molecular weight is 327 g/mol. The molecule has 0 aliphatic rings. The molecule has 2 aromatic carbocycles. The van der Waals surface area contributed by atoms with E-state index in [1.807, 2.05) is 0 Å². The van der Waals surface area contributed by atoms with Gasteiger partial charge in [0.15, 0.2) is 0 Å². The van der Waals surface area contributed by atoms with Gasteiger partial charge in [0.25, 0.3) is 5.69 Å². The number of nitro benzene ring substituents is 1. The van der Waals surface area contributed by atoms with Crippen molar-refractivity contribution in [3.05, 3.63) is 58.1 Å². The molecule has 0 aliphatic heterocycles. The number of rotatable bonds is 4. The first-order valence-electron chi connectivity index (χ1n) is 6.05. The highest BCUT2D eigenvalue weighted by Gasteiger charge is 2.31. The number of hydrogen-bond acceptors (Lipinski definition) is 4. The zero-order valence-corrected chi connectivity index (χ0v) is 11.2. The van der Waals surface area contributed by atoms with Crippen LogP contribution in [0, 0.1) is 10.1 Å². The van der Waals surface area contributed by atoms with E-state index in [0.29, 0.717) is 0 Å². The lowest BCUT2D eigenvalue weighted by Gasteiger charge is -2.11. The van der Waals surface area contributed by atoms with Crippen molar-refractivity contribution in [2.24, 2.45) is 0 Å². The molecule has 0 saturated carbocycles. The predicted molar refractivity (Wildman–Crippen MR) is 72.2 cm³/mol. The lowest BCUT2D eigenvalue weighted by molar-refractivity contribution is -0.384. The Morgan fingerprint density at radius 2 is 1.87 bits per heavy atom. The molecule has 0 radical (unpaired) electrons. The Labute approximate surface area is 126 Å². The van der Waals surface area contributed by atoms with E-state index in [-0.39, 0.29) is 22.4 Å². The van der Waals surface area contributed by atoms with Crippen molar-refractivity contribution < 1.29 is 32.7 Å². The monoisotopic (exact) mass is 327 g/mol. The number of nitro groups is 1. The maximum absolute atomic E-state index is 12.2. The molecule has 0 aliphatic carbocycles. The molecule has 1 N–H and O–H groups in total. The van der Waals surface area contributed by atoms with Crippen LogP contribution in [0.25, 0.3) is 11.1 Å². The summed E-state index contributed by atoms with van der Waals surface area (Å²) in [6.07, 6.45) is -4.91. The Bertz CT molecular complexity index is 773. The van der Waals surface area contributed by atoms with Crippen molar-refractivity contribution in [2.75, 3.05) is 0 Å². The molecule has 6 nitrogen and oxygen atoms in total. The third kappa shape index (κ3) is 3.96. The number of ether oxygens (including phenoxy) is 1. The summed E-state index contributed by atoms with van der Waals surface area (Å²) >= 11 is 0. The van der Waals surface area contributed by atoms with Gasteiger partial charge in [0.1, 0.15) is 5.75 Å². The second-order valence-corrected chi connectivity index (χ2v) is 4.37. The van der Waals surface area contributed by atoms with Gasteiger partial charge in [-0.05, 0) is 23.8 Å². The molecule has 0 aromatic heterocycles. The first-order valence-corrected chi connectivity index (χ1v) is 6.05. The average Bonchev–Trinajstić information content (AvgIpc) is 2.45. The number of non-ortho nitro benzene ring substituents is 1. The fourth-order valence-electron chi connectivity index (χ4n) is 1.93. The second kappa shape index (κ2) is 5.95. The lowest BCUT2D eigenvalue weighted by atomic mass is 9.99. The van der Waals surface area contributed by atoms with Gasteiger partial charge in [-0.1, -0.05) is 12.1 Å². The third-order valence-electron chi connectivity index (χ3n) is 2.82. The van der Waals surface area contributed by atoms with Crippen molar-refractivity contribution >= 4 is 11.7 Å². The highest BCUT2D eigenvalue weighted by molar-refractivity contribution is 5.96. The highest BCUT2D eigenvalue weighted by Crippen LogP contribution is 2.32. The van der Waals surface area contributed by atoms with Crippen LogP contribution in [0.3, 0.4) is 0 Å². The van der Waals surface area contributed by atoms with E-state index in [0.717, 1.165) is 30.3 Å². The van der Waals surface area contributed by atoms with Crippen molar-refractivity contribution in [2.45, 2.75) is 6.36 Å². The van der Waals surface area contributed by atoms with E-state index < -0.39 is 23.0 Å². The zero-order valence-electron chi connectivity index (χ0n) is 11.2. The Kier molecular flexibility index (Phi) is 4.21. The van der Waals surface area contributed by atoms with Gasteiger partial charge < -0.3 is 9.84 Å². The second-order valence-electron chi connectivity index (χ2n) is 4.37. The molecule has 2 rings (SSSR count). The van der Waals surface area contributed by atoms with Gasteiger partial charge >= 0.3 is 12.3 Å². The molecule has 0 spiro atoms. The van der Waals surface area contributed by atoms with E-state index >= 15 is 0 Å². The van der Waals surface area contributed by atoms with Crippen molar-refractivity contribution in [3.63, 3.8) is 0 Å². The molecule has 0 bridgehead atoms. The Morgan fingerprint density at radius 1 is 1.17 bits per heavy atom. The normalized spacial score (nSPS) is 11.1. The van der Waals surface area contributed by atoms with E-state index in [1.54, 1.807) is 0 Å². The molecule has 9 heteroatoms. The van der Waals surface area contributed by atoms with Gasteiger partial charge in [0.2, 0.25) is 0 Å². The number of nitrogens with zero attached hydrogens (tertiary/aromatic N) is 1. The van der Waals surface area contributed by atoms with Gasteiger partial charge in [-0.25, -0.2) is 4.79 Å². The molecule has 2 aromatic rings. The Hall–Kier alpha value is -3.10. The summed E-state index contributed by atoms with van der Waals surface area (Å²) < 4.78 is 40.5. The number of carbonyl (C=O) groups is 1. The van der Waals surface area contributed by atoms with Gasteiger partial charge in [0.05, 0.1) is 10.5 Å². The summed E-state index contributed by atoms with van der Waals surface area (Å²) in [5.74, 6) is -1.92. The number of alkyl halides is 3. The predicted octanol–water partition coefficient (Wildman–Crippen LogP) is 3.86. The topological polar surface area (TPSA) is 89.7 Å².